The monoisotopic (exact) mass is 447 g/mol. The van der Waals surface area contributed by atoms with E-state index in [1.165, 1.54) is 39.4 Å². The average molecular weight is 448 g/mol. The van der Waals surface area contributed by atoms with Crippen LogP contribution in [0, 0.1) is 25.6 Å². The number of carbonyl (C=O) groups is 1. The lowest BCUT2D eigenvalue weighted by molar-refractivity contribution is -0.120. The van der Waals surface area contributed by atoms with E-state index in [1.807, 2.05) is 19.9 Å². The zero-order valence-corrected chi connectivity index (χ0v) is 18.3. The molecule has 158 valence electrons. The maximum Gasteiger partial charge on any atom is 0.245 e. The van der Waals surface area contributed by atoms with Crippen LogP contribution in [-0.2, 0) is 14.8 Å². The van der Waals surface area contributed by atoms with Crippen molar-refractivity contribution in [2.24, 2.45) is 5.92 Å². The number of amides is 1. The summed E-state index contributed by atoms with van der Waals surface area (Å²) in [6.45, 7) is 4.41. The number of halogens is 1. The SMILES string of the molecule is Cc1cc2nc(NC(=O)C3CCN(S(=O)(=O)c4ccccc4F)CC3)sc2cc1C. The second kappa shape index (κ2) is 8.05. The molecule has 1 fully saturated rings. The lowest BCUT2D eigenvalue weighted by Gasteiger charge is -2.30. The molecule has 9 heteroatoms. The number of aromatic nitrogens is 1. The van der Waals surface area contributed by atoms with Crippen LogP contribution in [0.5, 0.6) is 0 Å². The Morgan fingerprint density at radius 2 is 1.83 bits per heavy atom. The van der Waals surface area contributed by atoms with Crippen LogP contribution in [0.4, 0.5) is 9.52 Å². The van der Waals surface area contributed by atoms with Crippen LogP contribution in [0.3, 0.4) is 0 Å². The van der Waals surface area contributed by atoms with Crippen molar-refractivity contribution < 1.29 is 17.6 Å². The Bertz CT molecular complexity index is 1180. The molecule has 1 amide bonds. The second-order valence-electron chi connectivity index (χ2n) is 7.52. The van der Waals surface area contributed by atoms with Gasteiger partial charge in [0.15, 0.2) is 5.13 Å². The fourth-order valence-corrected chi connectivity index (χ4v) is 6.08. The molecule has 1 aromatic heterocycles. The zero-order chi connectivity index (χ0) is 21.5. The summed E-state index contributed by atoms with van der Waals surface area (Å²) in [5.41, 5.74) is 3.17. The Hall–Kier alpha value is -2.36. The number of nitrogens with zero attached hydrogens (tertiary/aromatic N) is 2. The normalized spacial score (nSPS) is 16.1. The quantitative estimate of drug-likeness (QED) is 0.653. The number of fused-ring (bicyclic) bond motifs is 1. The third-order valence-corrected chi connectivity index (χ3v) is 8.38. The predicted octanol–water partition coefficient (Wildman–Crippen LogP) is 4.09. The van der Waals surface area contributed by atoms with E-state index >= 15 is 0 Å². The molecule has 1 aliphatic heterocycles. The van der Waals surface area contributed by atoms with Gasteiger partial charge in [0, 0.05) is 19.0 Å². The number of hydrogen-bond acceptors (Lipinski definition) is 5. The van der Waals surface area contributed by atoms with Crippen LogP contribution in [0.1, 0.15) is 24.0 Å². The standard InChI is InChI=1S/C21H22FN3O3S2/c1-13-11-17-18(12-14(13)2)29-21(23-17)24-20(26)15-7-9-25(10-8-15)30(27,28)19-6-4-3-5-16(19)22/h3-6,11-12,15H,7-10H2,1-2H3,(H,23,24,26). The molecule has 2 heterocycles. The van der Waals surface area contributed by atoms with Crippen LogP contribution in [0.25, 0.3) is 10.2 Å². The zero-order valence-electron chi connectivity index (χ0n) is 16.7. The van der Waals surface area contributed by atoms with Gasteiger partial charge < -0.3 is 5.32 Å². The molecule has 0 bridgehead atoms. The number of aryl methyl sites for hydroxylation is 2. The van der Waals surface area contributed by atoms with Crippen molar-refractivity contribution in [2.75, 3.05) is 18.4 Å². The maximum atomic E-state index is 13.9. The Labute approximate surface area is 178 Å². The number of hydrogen-bond donors (Lipinski definition) is 1. The number of sulfonamides is 1. The minimum atomic E-state index is -3.91. The van der Waals surface area contributed by atoms with E-state index in [-0.39, 0.29) is 29.8 Å². The lowest BCUT2D eigenvalue weighted by atomic mass is 9.97. The molecule has 0 atom stereocenters. The Morgan fingerprint density at radius 3 is 2.53 bits per heavy atom. The first-order valence-electron chi connectivity index (χ1n) is 9.69. The van der Waals surface area contributed by atoms with Crippen molar-refractivity contribution in [1.29, 1.82) is 0 Å². The summed E-state index contributed by atoms with van der Waals surface area (Å²) in [5, 5.41) is 3.42. The van der Waals surface area contributed by atoms with Gasteiger partial charge in [0.2, 0.25) is 15.9 Å². The minimum Gasteiger partial charge on any atom is -0.302 e. The van der Waals surface area contributed by atoms with Gasteiger partial charge in [-0.15, -0.1) is 0 Å². The van der Waals surface area contributed by atoms with E-state index in [0.717, 1.165) is 21.8 Å². The van der Waals surface area contributed by atoms with Gasteiger partial charge in [0.25, 0.3) is 0 Å². The van der Waals surface area contributed by atoms with Gasteiger partial charge in [-0.3, -0.25) is 4.79 Å². The van der Waals surface area contributed by atoms with Gasteiger partial charge in [0.05, 0.1) is 10.2 Å². The highest BCUT2D eigenvalue weighted by Crippen LogP contribution is 2.30. The largest absolute Gasteiger partial charge is 0.302 e. The number of anilines is 1. The molecule has 1 aliphatic rings. The Balaban J connectivity index is 1.42. The van der Waals surface area contributed by atoms with Crippen LogP contribution in [0.15, 0.2) is 41.3 Å². The number of nitrogens with one attached hydrogen (secondary N) is 1. The molecule has 30 heavy (non-hydrogen) atoms. The van der Waals surface area contributed by atoms with Crippen LogP contribution in [0.2, 0.25) is 0 Å². The summed E-state index contributed by atoms with van der Waals surface area (Å²) in [6, 6.07) is 9.41. The first kappa shape index (κ1) is 20.9. The Kier molecular flexibility index (Phi) is 5.61. The van der Waals surface area contributed by atoms with Crippen molar-refractivity contribution in [3.63, 3.8) is 0 Å². The first-order chi connectivity index (χ1) is 14.3. The van der Waals surface area contributed by atoms with E-state index in [2.05, 4.69) is 16.4 Å². The molecular weight excluding hydrogens is 425 g/mol. The van der Waals surface area contributed by atoms with Gasteiger partial charge in [-0.05, 0) is 62.1 Å². The summed E-state index contributed by atoms with van der Waals surface area (Å²) >= 11 is 1.43. The fourth-order valence-electron chi connectivity index (χ4n) is 3.59. The molecule has 1 saturated heterocycles. The minimum absolute atomic E-state index is 0.162. The highest BCUT2D eigenvalue weighted by molar-refractivity contribution is 7.89. The summed E-state index contributed by atoms with van der Waals surface area (Å²) in [7, 11) is -3.91. The molecule has 6 nitrogen and oxygen atoms in total. The molecular formula is C21H22FN3O3S2. The molecule has 2 aromatic carbocycles. The smallest absolute Gasteiger partial charge is 0.245 e. The second-order valence-corrected chi connectivity index (χ2v) is 10.5. The van der Waals surface area contributed by atoms with E-state index in [0.29, 0.717) is 18.0 Å². The van der Waals surface area contributed by atoms with Crippen molar-refractivity contribution in [2.45, 2.75) is 31.6 Å². The number of rotatable bonds is 4. The highest BCUT2D eigenvalue weighted by atomic mass is 32.2. The maximum absolute atomic E-state index is 13.9. The third kappa shape index (κ3) is 3.97. The molecule has 0 radical (unpaired) electrons. The van der Waals surface area contributed by atoms with Crippen molar-refractivity contribution >= 4 is 42.6 Å². The van der Waals surface area contributed by atoms with E-state index in [4.69, 9.17) is 0 Å². The number of thiazole rings is 1. The molecule has 4 rings (SSSR count). The molecule has 0 saturated carbocycles. The number of piperidine rings is 1. The predicted molar refractivity (Wildman–Crippen MR) is 116 cm³/mol. The summed E-state index contributed by atoms with van der Waals surface area (Å²) in [4.78, 5) is 16.9. The van der Waals surface area contributed by atoms with Crippen molar-refractivity contribution in [1.82, 2.24) is 9.29 Å². The van der Waals surface area contributed by atoms with E-state index in [9.17, 15) is 17.6 Å². The molecule has 0 spiro atoms. The molecule has 0 unspecified atom stereocenters. The highest BCUT2D eigenvalue weighted by Gasteiger charge is 2.33. The van der Waals surface area contributed by atoms with Crippen LogP contribution < -0.4 is 5.32 Å². The third-order valence-electron chi connectivity index (χ3n) is 5.51. The van der Waals surface area contributed by atoms with Crippen LogP contribution in [-0.4, -0.2) is 36.7 Å². The summed E-state index contributed by atoms with van der Waals surface area (Å²) in [6.07, 6.45) is 0.755. The average Bonchev–Trinajstić information content (AvgIpc) is 3.09. The lowest BCUT2D eigenvalue weighted by Crippen LogP contribution is -2.41. The van der Waals surface area contributed by atoms with Crippen molar-refractivity contribution in [3.05, 3.63) is 53.3 Å². The van der Waals surface area contributed by atoms with E-state index in [1.54, 1.807) is 0 Å². The van der Waals surface area contributed by atoms with Gasteiger partial charge in [-0.2, -0.15) is 4.31 Å². The van der Waals surface area contributed by atoms with Gasteiger partial charge in [-0.1, -0.05) is 23.5 Å². The van der Waals surface area contributed by atoms with Gasteiger partial charge >= 0.3 is 0 Å². The topological polar surface area (TPSA) is 79.4 Å². The molecule has 3 aromatic rings. The van der Waals surface area contributed by atoms with Crippen LogP contribution >= 0.6 is 11.3 Å². The fraction of sp³-hybridized carbons (Fsp3) is 0.333. The van der Waals surface area contributed by atoms with Crippen molar-refractivity contribution in [3.8, 4) is 0 Å². The molecule has 0 aliphatic carbocycles. The molecule has 1 N–H and O–H groups in total. The van der Waals surface area contributed by atoms with Gasteiger partial charge in [-0.25, -0.2) is 17.8 Å². The summed E-state index contributed by atoms with van der Waals surface area (Å²) < 4.78 is 41.6. The number of carbonyl (C=O) groups excluding carboxylic acids is 1. The van der Waals surface area contributed by atoms with Gasteiger partial charge in [0.1, 0.15) is 10.7 Å². The first-order valence-corrected chi connectivity index (χ1v) is 11.9. The number of benzene rings is 2. The Morgan fingerprint density at radius 1 is 1.17 bits per heavy atom. The van der Waals surface area contributed by atoms with E-state index < -0.39 is 15.8 Å². The summed E-state index contributed by atoms with van der Waals surface area (Å²) in [5.74, 6) is -1.24.